The fourth-order valence-electron chi connectivity index (χ4n) is 2.11. The average Bonchev–Trinajstić information content (AvgIpc) is 2.85. The van der Waals surface area contributed by atoms with Gasteiger partial charge in [0.1, 0.15) is 5.01 Å². The molecule has 3 nitrogen and oxygen atoms in total. The summed E-state index contributed by atoms with van der Waals surface area (Å²) in [7, 11) is 0. The summed E-state index contributed by atoms with van der Waals surface area (Å²) < 4.78 is 0. The first-order valence-corrected chi connectivity index (χ1v) is 6.69. The number of nitrogens with one attached hydrogen (secondary N) is 1. The Balaban J connectivity index is 1.91. The molecular weight excluding hydrogens is 230 g/mol. The van der Waals surface area contributed by atoms with Gasteiger partial charge in [-0.15, -0.1) is 21.8 Å². The maximum atomic E-state index is 6.06. The molecule has 1 aliphatic carbocycles. The van der Waals surface area contributed by atoms with Gasteiger partial charge in [0.15, 0.2) is 0 Å². The van der Waals surface area contributed by atoms with E-state index < -0.39 is 0 Å². The molecule has 1 aromatic heterocycles. The second kappa shape index (κ2) is 4.66. The number of aryl methyl sites for hydroxylation is 1. The number of aromatic nitrogens is 2. The highest BCUT2D eigenvalue weighted by molar-refractivity contribution is 7.15. The zero-order chi connectivity index (χ0) is 10.7. The van der Waals surface area contributed by atoms with Crippen molar-refractivity contribution >= 4 is 28.1 Å². The first-order valence-electron chi connectivity index (χ1n) is 5.34. The molecule has 0 amide bonds. The van der Waals surface area contributed by atoms with E-state index in [0.29, 0.717) is 5.41 Å². The highest BCUT2D eigenvalue weighted by Gasteiger charge is 2.32. The van der Waals surface area contributed by atoms with Crippen LogP contribution in [0.1, 0.15) is 30.7 Å². The van der Waals surface area contributed by atoms with Crippen LogP contribution in [-0.2, 0) is 0 Å². The third-order valence-corrected chi connectivity index (χ3v) is 4.45. The molecule has 1 saturated carbocycles. The predicted molar refractivity (Wildman–Crippen MR) is 64.8 cm³/mol. The Morgan fingerprint density at radius 2 is 2.13 bits per heavy atom. The quantitative estimate of drug-likeness (QED) is 0.829. The fourth-order valence-corrected chi connectivity index (χ4v) is 3.06. The van der Waals surface area contributed by atoms with Crippen molar-refractivity contribution in [3.8, 4) is 0 Å². The van der Waals surface area contributed by atoms with E-state index >= 15 is 0 Å². The minimum Gasteiger partial charge on any atom is -0.359 e. The van der Waals surface area contributed by atoms with Gasteiger partial charge in [0, 0.05) is 17.8 Å². The van der Waals surface area contributed by atoms with Crippen molar-refractivity contribution in [2.45, 2.75) is 32.6 Å². The summed E-state index contributed by atoms with van der Waals surface area (Å²) in [6.07, 6.45) is 5.09. The molecule has 84 valence electrons. The number of hydrogen-bond donors (Lipinski definition) is 1. The van der Waals surface area contributed by atoms with Crippen LogP contribution in [0.2, 0.25) is 0 Å². The Morgan fingerprint density at radius 3 is 2.67 bits per heavy atom. The maximum Gasteiger partial charge on any atom is 0.205 e. The molecule has 1 heterocycles. The summed E-state index contributed by atoms with van der Waals surface area (Å²) in [6, 6.07) is 0. The molecule has 1 fully saturated rings. The lowest BCUT2D eigenvalue weighted by molar-refractivity contribution is 0.368. The summed E-state index contributed by atoms with van der Waals surface area (Å²) in [5, 5.41) is 13.3. The van der Waals surface area contributed by atoms with Crippen LogP contribution in [-0.4, -0.2) is 22.6 Å². The van der Waals surface area contributed by atoms with Crippen molar-refractivity contribution in [3.63, 3.8) is 0 Å². The molecule has 0 spiro atoms. The number of nitrogens with zero attached hydrogens (tertiary/aromatic N) is 2. The van der Waals surface area contributed by atoms with Gasteiger partial charge in [0.05, 0.1) is 0 Å². The fraction of sp³-hybridized carbons (Fsp3) is 0.800. The smallest absolute Gasteiger partial charge is 0.205 e. The number of halogens is 1. The van der Waals surface area contributed by atoms with Gasteiger partial charge in [-0.3, -0.25) is 0 Å². The van der Waals surface area contributed by atoms with Crippen LogP contribution in [0.5, 0.6) is 0 Å². The normalized spacial score (nSPS) is 19.3. The van der Waals surface area contributed by atoms with E-state index in [1.54, 1.807) is 11.3 Å². The van der Waals surface area contributed by atoms with Gasteiger partial charge in [-0.1, -0.05) is 24.2 Å². The lowest BCUT2D eigenvalue weighted by Gasteiger charge is -2.26. The molecular formula is C10H16ClN3S. The van der Waals surface area contributed by atoms with Crippen molar-refractivity contribution in [3.05, 3.63) is 5.01 Å². The molecule has 15 heavy (non-hydrogen) atoms. The minimum atomic E-state index is 0.293. The summed E-state index contributed by atoms with van der Waals surface area (Å²) in [4.78, 5) is 0. The van der Waals surface area contributed by atoms with E-state index in [4.69, 9.17) is 11.6 Å². The van der Waals surface area contributed by atoms with Crippen LogP contribution in [0.25, 0.3) is 0 Å². The molecule has 5 heteroatoms. The largest absolute Gasteiger partial charge is 0.359 e. The highest BCUT2D eigenvalue weighted by Crippen LogP contribution is 2.39. The molecule has 1 N–H and O–H groups in total. The first-order chi connectivity index (χ1) is 7.24. The van der Waals surface area contributed by atoms with Crippen LogP contribution in [0.15, 0.2) is 0 Å². The molecule has 0 bridgehead atoms. The third-order valence-electron chi connectivity index (χ3n) is 3.09. The third kappa shape index (κ3) is 2.61. The summed E-state index contributed by atoms with van der Waals surface area (Å²) in [5.74, 6) is 0.748. The van der Waals surface area contributed by atoms with Gasteiger partial charge in [-0.2, -0.15) is 0 Å². The molecule has 0 unspecified atom stereocenters. The monoisotopic (exact) mass is 245 g/mol. The number of hydrogen-bond acceptors (Lipinski definition) is 4. The Kier molecular flexibility index (Phi) is 3.46. The second-order valence-corrected chi connectivity index (χ2v) is 5.77. The summed E-state index contributed by atoms with van der Waals surface area (Å²) in [5.41, 5.74) is 0.293. The van der Waals surface area contributed by atoms with E-state index in [9.17, 15) is 0 Å². The highest BCUT2D eigenvalue weighted by atomic mass is 35.5. The van der Waals surface area contributed by atoms with Crippen molar-refractivity contribution in [2.24, 2.45) is 5.41 Å². The molecule has 1 aromatic rings. The van der Waals surface area contributed by atoms with Gasteiger partial charge in [-0.25, -0.2) is 0 Å². The number of rotatable bonds is 4. The van der Waals surface area contributed by atoms with E-state index in [1.807, 2.05) is 6.92 Å². The lowest BCUT2D eigenvalue weighted by Crippen LogP contribution is -2.28. The van der Waals surface area contributed by atoms with Crippen LogP contribution in [0.4, 0.5) is 5.13 Å². The van der Waals surface area contributed by atoms with Crippen LogP contribution >= 0.6 is 22.9 Å². The molecule has 0 aromatic carbocycles. The van der Waals surface area contributed by atoms with E-state index in [0.717, 1.165) is 22.6 Å². The zero-order valence-electron chi connectivity index (χ0n) is 8.92. The van der Waals surface area contributed by atoms with Crippen molar-refractivity contribution in [1.29, 1.82) is 0 Å². The van der Waals surface area contributed by atoms with Gasteiger partial charge in [0.25, 0.3) is 0 Å². The topological polar surface area (TPSA) is 37.8 Å². The Hall–Kier alpha value is -0.350. The second-order valence-electron chi connectivity index (χ2n) is 4.32. The molecule has 0 saturated heterocycles. The van der Waals surface area contributed by atoms with Crippen LogP contribution in [0, 0.1) is 12.3 Å². The van der Waals surface area contributed by atoms with Crippen LogP contribution < -0.4 is 5.32 Å². The van der Waals surface area contributed by atoms with Gasteiger partial charge >= 0.3 is 0 Å². The molecule has 1 aliphatic rings. The van der Waals surface area contributed by atoms with Crippen molar-refractivity contribution < 1.29 is 0 Å². The number of alkyl halides is 1. The van der Waals surface area contributed by atoms with E-state index in [1.165, 1.54) is 25.7 Å². The molecule has 0 aliphatic heterocycles. The Bertz CT molecular complexity index is 320. The van der Waals surface area contributed by atoms with E-state index in [-0.39, 0.29) is 0 Å². The number of anilines is 1. The maximum absolute atomic E-state index is 6.06. The predicted octanol–water partition coefficient (Wildman–Crippen LogP) is 3.06. The Morgan fingerprint density at radius 1 is 1.40 bits per heavy atom. The van der Waals surface area contributed by atoms with Crippen molar-refractivity contribution in [2.75, 3.05) is 17.7 Å². The lowest BCUT2D eigenvalue weighted by atomic mass is 9.89. The SMILES string of the molecule is Cc1nnc(NCC2(CCl)CCCC2)s1. The van der Waals surface area contributed by atoms with Crippen molar-refractivity contribution in [1.82, 2.24) is 10.2 Å². The van der Waals surface area contributed by atoms with Crippen LogP contribution in [0.3, 0.4) is 0 Å². The first kappa shape index (κ1) is 11.1. The molecule has 2 rings (SSSR count). The molecule has 0 atom stereocenters. The van der Waals surface area contributed by atoms with E-state index in [2.05, 4.69) is 15.5 Å². The average molecular weight is 246 g/mol. The summed E-state index contributed by atoms with van der Waals surface area (Å²) in [6.45, 7) is 2.90. The van der Waals surface area contributed by atoms with Gasteiger partial charge in [0.2, 0.25) is 5.13 Å². The Labute approximate surface area is 99.2 Å². The zero-order valence-corrected chi connectivity index (χ0v) is 10.5. The van der Waals surface area contributed by atoms with Gasteiger partial charge in [-0.05, 0) is 19.8 Å². The minimum absolute atomic E-state index is 0.293. The molecule has 0 radical (unpaired) electrons. The standard InChI is InChI=1S/C10H16ClN3S/c1-8-13-14-9(15-8)12-7-10(6-11)4-2-3-5-10/h2-7H2,1H3,(H,12,14). The summed E-state index contributed by atoms with van der Waals surface area (Å²) >= 11 is 7.67. The van der Waals surface area contributed by atoms with Gasteiger partial charge < -0.3 is 5.32 Å².